The molecular formula is C21H22N2O3. The van der Waals surface area contributed by atoms with Gasteiger partial charge in [-0.25, -0.2) is 4.98 Å². The molecule has 5 nitrogen and oxygen atoms in total. The predicted molar refractivity (Wildman–Crippen MR) is 102 cm³/mol. The SMILES string of the molecule is COc1ccc2ccc(NCc3cc4c(cc3OC)CC(C)O4)cc2n1. The third kappa shape index (κ3) is 3.12. The van der Waals surface area contributed by atoms with E-state index in [0.29, 0.717) is 12.4 Å². The van der Waals surface area contributed by atoms with Crippen LogP contribution in [0.5, 0.6) is 17.4 Å². The van der Waals surface area contributed by atoms with E-state index >= 15 is 0 Å². The molecule has 2 aromatic carbocycles. The summed E-state index contributed by atoms with van der Waals surface area (Å²) in [5.74, 6) is 2.45. The fourth-order valence-electron chi connectivity index (χ4n) is 3.33. The van der Waals surface area contributed by atoms with Crippen LogP contribution in [-0.2, 0) is 13.0 Å². The van der Waals surface area contributed by atoms with Crippen molar-refractivity contribution in [3.63, 3.8) is 0 Å². The molecule has 0 aliphatic carbocycles. The molecule has 0 saturated heterocycles. The molecular weight excluding hydrogens is 328 g/mol. The van der Waals surface area contributed by atoms with Gasteiger partial charge in [0.2, 0.25) is 5.88 Å². The summed E-state index contributed by atoms with van der Waals surface area (Å²) in [5, 5.41) is 4.53. The van der Waals surface area contributed by atoms with Gasteiger partial charge in [0.15, 0.2) is 0 Å². The molecule has 0 bridgehead atoms. The van der Waals surface area contributed by atoms with Gasteiger partial charge in [-0.05, 0) is 37.3 Å². The van der Waals surface area contributed by atoms with E-state index in [1.54, 1.807) is 14.2 Å². The van der Waals surface area contributed by atoms with Crippen LogP contribution < -0.4 is 19.5 Å². The van der Waals surface area contributed by atoms with Crippen LogP contribution in [0.25, 0.3) is 10.9 Å². The van der Waals surface area contributed by atoms with Gasteiger partial charge in [-0.3, -0.25) is 0 Å². The molecule has 2 heterocycles. The summed E-state index contributed by atoms with van der Waals surface area (Å²) in [6, 6.07) is 14.2. The fraction of sp³-hybridized carbons (Fsp3) is 0.286. The van der Waals surface area contributed by atoms with Crippen molar-refractivity contribution in [2.45, 2.75) is 26.0 Å². The molecule has 1 aliphatic rings. The van der Waals surface area contributed by atoms with Crippen LogP contribution in [0, 0.1) is 0 Å². The third-order valence-corrected chi connectivity index (χ3v) is 4.66. The zero-order valence-electron chi connectivity index (χ0n) is 15.2. The lowest BCUT2D eigenvalue weighted by Gasteiger charge is -2.13. The van der Waals surface area contributed by atoms with Crippen LogP contribution in [-0.4, -0.2) is 25.3 Å². The second-order valence-corrected chi connectivity index (χ2v) is 6.52. The fourth-order valence-corrected chi connectivity index (χ4v) is 3.33. The molecule has 26 heavy (non-hydrogen) atoms. The molecule has 1 aromatic heterocycles. The highest BCUT2D eigenvalue weighted by Crippen LogP contribution is 2.35. The summed E-state index contributed by atoms with van der Waals surface area (Å²) < 4.78 is 16.7. The Morgan fingerprint density at radius 3 is 2.77 bits per heavy atom. The van der Waals surface area contributed by atoms with Crippen LogP contribution in [0.4, 0.5) is 5.69 Å². The highest BCUT2D eigenvalue weighted by atomic mass is 16.5. The quantitative estimate of drug-likeness (QED) is 0.748. The Morgan fingerprint density at radius 1 is 1.12 bits per heavy atom. The number of hydrogen-bond donors (Lipinski definition) is 1. The molecule has 0 fully saturated rings. The van der Waals surface area contributed by atoms with Crippen molar-refractivity contribution in [3.8, 4) is 17.4 Å². The summed E-state index contributed by atoms with van der Waals surface area (Å²) in [7, 11) is 3.33. The molecule has 0 saturated carbocycles. The Labute approximate surface area is 152 Å². The summed E-state index contributed by atoms with van der Waals surface area (Å²) >= 11 is 0. The third-order valence-electron chi connectivity index (χ3n) is 4.66. The van der Waals surface area contributed by atoms with Crippen LogP contribution in [0.2, 0.25) is 0 Å². The molecule has 134 valence electrons. The first-order valence-electron chi connectivity index (χ1n) is 8.71. The lowest BCUT2D eigenvalue weighted by atomic mass is 10.1. The van der Waals surface area contributed by atoms with Gasteiger partial charge in [0.05, 0.1) is 19.7 Å². The standard InChI is InChI=1S/C21H22N2O3/c1-13-8-15-9-19(24-2)16(10-20(15)26-13)12-22-17-6-4-14-5-7-21(25-3)23-18(14)11-17/h4-7,9-11,13,22H,8,12H2,1-3H3. The highest BCUT2D eigenvalue weighted by Gasteiger charge is 2.21. The number of benzene rings is 2. The van der Waals surface area contributed by atoms with E-state index in [1.165, 1.54) is 5.56 Å². The van der Waals surface area contributed by atoms with Gasteiger partial charge in [0.1, 0.15) is 17.6 Å². The van der Waals surface area contributed by atoms with Crippen molar-refractivity contribution >= 4 is 16.6 Å². The number of rotatable bonds is 5. The van der Waals surface area contributed by atoms with Gasteiger partial charge >= 0.3 is 0 Å². The van der Waals surface area contributed by atoms with Crippen LogP contribution >= 0.6 is 0 Å². The van der Waals surface area contributed by atoms with Gasteiger partial charge in [-0.15, -0.1) is 0 Å². The minimum Gasteiger partial charge on any atom is -0.496 e. The highest BCUT2D eigenvalue weighted by molar-refractivity contribution is 5.82. The van der Waals surface area contributed by atoms with Crippen molar-refractivity contribution in [3.05, 3.63) is 53.6 Å². The van der Waals surface area contributed by atoms with E-state index in [1.807, 2.05) is 18.2 Å². The van der Waals surface area contributed by atoms with Crippen molar-refractivity contribution in [2.75, 3.05) is 19.5 Å². The lowest BCUT2D eigenvalue weighted by molar-refractivity contribution is 0.254. The lowest BCUT2D eigenvalue weighted by Crippen LogP contribution is -2.05. The van der Waals surface area contributed by atoms with E-state index < -0.39 is 0 Å². The van der Waals surface area contributed by atoms with E-state index in [-0.39, 0.29) is 6.10 Å². The van der Waals surface area contributed by atoms with Gasteiger partial charge in [-0.1, -0.05) is 6.07 Å². The number of nitrogens with one attached hydrogen (secondary N) is 1. The smallest absolute Gasteiger partial charge is 0.213 e. The Kier molecular flexibility index (Phi) is 4.29. The Balaban J connectivity index is 1.57. The Hall–Kier alpha value is -2.95. The van der Waals surface area contributed by atoms with E-state index in [4.69, 9.17) is 14.2 Å². The number of methoxy groups -OCH3 is 2. The van der Waals surface area contributed by atoms with Crippen molar-refractivity contribution < 1.29 is 14.2 Å². The van der Waals surface area contributed by atoms with E-state index in [9.17, 15) is 0 Å². The molecule has 4 rings (SSSR count). The number of pyridine rings is 1. The number of anilines is 1. The molecule has 0 spiro atoms. The normalized spacial score (nSPS) is 15.4. The maximum atomic E-state index is 5.87. The second kappa shape index (κ2) is 6.75. The summed E-state index contributed by atoms with van der Waals surface area (Å²) in [6.45, 7) is 2.73. The van der Waals surface area contributed by atoms with Crippen molar-refractivity contribution in [1.29, 1.82) is 0 Å². The summed E-state index contributed by atoms with van der Waals surface area (Å²) in [5.41, 5.74) is 4.17. The molecule has 1 atom stereocenters. The minimum absolute atomic E-state index is 0.222. The zero-order chi connectivity index (χ0) is 18.1. The van der Waals surface area contributed by atoms with E-state index in [2.05, 4.69) is 41.5 Å². The monoisotopic (exact) mass is 350 g/mol. The van der Waals surface area contributed by atoms with E-state index in [0.717, 1.165) is 40.1 Å². The molecule has 1 aliphatic heterocycles. The first-order valence-corrected chi connectivity index (χ1v) is 8.71. The number of nitrogens with zero attached hydrogens (tertiary/aromatic N) is 1. The summed E-state index contributed by atoms with van der Waals surface area (Å²) in [6.07, 6.45) is 1.15. The number of ether oxygens (including phenoxy) is 3. The Bertz CT molecular complexity index is 955. The molecule has 0 amide bonds. The first kappa shape index (κ1) is 16.5. The van der Waals surface area contributed by atoms with Crippen molar-refractivity contribution in [1.82, 2.24) is 4.98 Å². The topological polar surface area (TPSA) is 52.6 Å². The molecule has 3 aromatic rings. The van der Waals surface area contributed by atoms with Gasteiger partial charge in [-0.2, -0.15) is 0 Å². The van der Waals surface area contributed by atoms with Crippen LogP contribution in [0.15, 0.2) is 42.5 Å². The predicted octanol–water partition coefficient (Wildman–Crippen LogP) is 4.19. The molecule has 1 N–H and O–H groups in total. The number of hydrogen-bond acceptors (Lipinski definition) is 5. The van der Waals surface area contributed by atoms with Crippen LogP contribution in [0.3, 0.4) is 0 Å². The second-order valence-electron chi connectivity index (χ2n) is 6.52. The average Bonchev–Trinajstić information content (AvgIpc) is 3.03. The van der Waals surface area contributed by atoms with Gasteiger partial charge in [0.25, 0.3) is 0 Å². The molecule has 5 heteroatoms. The maximum absolute atomic E-state index is 5.87. The Morgan fingerprint density at radius 2 is 1.96 bits per heavy atom. The molecule has 1 unspecified atom stereocenters. The summed E-state index contributed by atoms with van der Waals surface area (Å²) in [4.78, 5) is 4.49. The zero-order valence-corrected chi connectivity index (χ0v) is 15.2. The van der Waals surface area contributed by atoms with Gasteiger partial charge in [0, 0.05) is 41.2 Å². The number of aromatic nitrogens is 1. The molecule has 0 radical (unpaired) electrons. The minimum atomic E-state index is 0.222. The van der Waals surface area contributed by atoms with Gasteiger partial charge < -0.3 is 19.5 Å². The number of fused-ring (bicyclic) bond motifs is 2. The van der Waals surface area contributed by atoms with Crippen molar-refractivity contribution in [2.24, 2.45) is 0 Å². The van der Waals surface area contributed by atoms with Crippen LogP contribution in [0.1, 0.15) is 18.1 Å². The maximum Gasteiger partial charge on any atom is 0.213 e. The first-order chi connectivity index (χ1) is 12.7. The average molecular weight is 350 g/mol. The largest absolute Gasteiger partial charge is 0.496 e.